The van der Waals surface area contributed by atoms with Gasteiger partial charge in [-0.1, -0.05) is 54.6 Å². The first-order valence-corrected chi connectivity index (χ1v) is 21.8. The van der Waals surface area contributed by atoms with Crippen LogP contribution in [0.3, 0.4) is 0 Å². The van der Waals surface area contributed by atoms with E-state index in [4.69, 9.17) is 9.72 Å². The lowest BCUT2D eigenvalue weighted by molar-refractivity contribution is -0.135. The van der Waals surface area contributed by atoms with Crippen molar-refractivity contribution in [3.63, 3.8) is 0 Å². The van der Waals surface area contributed by atoms with Crippen LogP contribution in [0.25, 0.3) is 11.2 Å². The van der Waals surface area contributed by atoms with Gasteiger partial charge in [-0.15, -0.1) is 0 Å². The van der Waals surface area contributed by atoms with Gasteiger partial charge in [0.2, 0.25) is 17.7 Å². The van der Waals surface area contributed by atoms with Crippen molar-refractivity contribution in [1.29, 1.82) is 0 Å². The smallest absolute Gasteiger partial charge is 0.260 e. The maximum atomic E-state index is 13.1. The van der Waals surface area contributed by atoms with E-state index in [0.29, 0.717) is 42.7 Å². The molecule has 2 aromatic heterocycles. The molecule has 4 aliphatic rings. The van der Waals surface area contributed by atoms with Crippen molar-refractivity contribution in [3.05, 3.63) is 108 Å². The fourth-order valence-electron chi connectivity index (χ4n) is 9.43. The molecule has 0 bridgehead atoms. The van der Waals surface area contributed by atoms with Crippen LogP contribution in [-0.2, 0) is 25.6 Å². The number of nitrogens with one attached hydrogen (secondary N) is 3. The van der Waals surface area contributed by atoms with E-state index < -0.39 is 0 Å². The Morgan fingerprint density at radius 3 is 2.38 bits per heavy atom. The highest BCUT2D eigenvalue weighted by Crippen LogP contribution is 2.36. The minimum atomic E-state index is -0.388. The lowest BCUT2D eigenvalue weighted by Gasteiger charge is -2.37. The van der Waals surface area contributed by atoms with Gasteiger partial charge in [-0.05, 0) is 111 Å². The van der Waals surface area contributed by atoms with Gasteiger partial charge < -0.3 is 29.7 Å². The molecule has 3 aliphatic heterocycles. The summed E-state index contributed by atoms with van der Waals surface area (Å²) in [5.41, 5.74) is 5.64. The molecule has 1 saturated carbocycles. The number of imidazole rings is 1. The number of hydrogen-bond donors (Lipinski definition) is 3. The average Bonchev–Trinajstić information content (AvgIpc) is 3.70. The van der Waals surface area contributed by atoms with Crippen molar-refractivity contribution in [2.24, 2.45) is 5.92 Å². The number of piperidine rings is 3. The molecule has 0 radical (unpaired) electrons. The Morgan fingerprint density at radius 1 is 0.820 bits per heavy atom. The fraction of sp³-hybridized carbons (Fsp3) is 0.426. The van der Waals surface area contributed by atoms with Crippen molar-refractivity contribution in [1.82, 2.24) is 40.0 Å². The molecule has 14 nitrogen and oxygen atoms in total. The molecule has 4 fully saturated rings. The van der Waals surface area contributed by atoms with Crippen molar-refractivity contribution >= 4 is 46.3 Å². The summed E-state index contributed by atoms with van der Waals surface area (Å²) < 4.78 is 7.98. The maximum Gasteiger partial charge on any atom is 0.260 e. The molecular formula is C47H53N9O5. The van der Waals surface area contributed by atoms with Crippen LogP contribution in [0.4, 0.5) is 11.5 Å². The standard InChI is InChI=1S/C47H53N9O5/c57-41-14-13-40(47(60)53-41)35-7-4-8-39(24-35)61-28-43(59)55-21-15-32(16-22-55)27-54-19-17-34(18-20-54)33-9-11-36(12-10-33)52-45-44-46(49-29-48-45)56(30-50-44)38-25-37(26-38)51-42(58)23-31-5-2-1-3-6-31/h1-12,24,29-30,32,34,37-38,40H,13-23,25-28H2,(H,51,58)(H,48,49,52)(H,53,57,60)/t37?,38?,40-/m0/s1. The summed E-state index contributed by atoms with van der Waals surface area (Å²) >= 11 is 0. The highest BCUT2D eigenvalue weighted by Gasteiger charge is 2.33. The molecule has 3 aromatic carbocycles. The highest BCUT2D eigenvalue weighted by molar-refractivity contribution is 6.01. The Balaban J connectivity index is 0.691. The normalized spacial score (nSPS) is 21.4. The minimum Gasteiger partial charge on any atom is -0.484 e. The molecule has 0 unspecified atom stereocenters. The number of benzene rings is 3. The lowest BCUT2D eigenvalue weighted by Crippen LogP contribution is -2.45. The Kier molecular flexibility index (Phi) is 12.0. The summed E-state index contributed by atoms with van der Waals surface area (Å²) in [5, 5.41) is 9.05. The van der Waals surface area contributed by atoms with Gasteiger partial charge in [-0.2, -0.15) is 0 Å². The zero-order valence-corrected chi connectivity index (χ0v) is 34.4. The Hall–Kier alpha value is -6.15. The summed E-state index contributed by atoms with van der Waals surface area (Å²) in [6.45, 7) is 4.64. The van der Waals surface area contributed by atoms with Crippen LogP contribution >= 0.6 is 0 Å². The van der Waals surface area contributed by atoms with Crippen LogP contribution in [0, 0.1) is 5.92 Å². The molecule has 3 N–H and O–H groups in total. The zero-order chi connectivity index (χ0) is 41.7. The largest absolute Gasteiger partial charge is 0.484 e. The van der Waals surface area contributed by atoms with E-state index in [9.17, 15) is 19.2 Å². The number of hydrogen-bond acceptors (Lipinski definition) is 10. The van der Waals surface area contributed by atoms with Crippen LogP contribution in [0.15, 0.2) is 91.5 Å². The third-order valence-corrected chi connectivity index (χ3v) is 13.0. The molecule has 316 valence electrons. The number of rotatable bonds is 13. The molecule has 1 atom stereocenters. The van der Waals surface area contributed by atoms with Gasteiger partial charge in [-0.3, -0.25) is 24.5 Å². The SMILES string of the molecule is O=C1CC[C@@H](c2cccc(OCC(=O)N3CCC(CN4CCC(c5ccc(Nc6ncnc7c6ncn7C6CC(NC(=O)Cc7ccccc7)C6)cc5)CC4)CC3)c2)C(=O)N1. The van der Waals surface area contributed by atoms with Gasteiger partial charge in [0.05, 0.1) is 18.7 Å². The Bertz CT molecular complexity index is 2350. The molecule has 3 saturated heterocycles. The molecular weight excluding hydrogens is 771 g/mol. The van der Waals surface area contributed by atoms with E-state index in [-0.39, 0.29) is 48.2 Å². The number of nitrogens with zero attached hydrogens (tertiary/aromatic N) is 6. The maximum absolute atomic E-state index is 13.1. The third-order valence-electron chi connectivity index (χ3n) is 13.0. The van der Waals surface area contributed by atoms with Crippen molar-refractivity contribution in [3.8, 4) is 5.75 Å². The van der Waals surface area contributed by atoms with E-state index >= 15 is 0 Å². The number of amides is 4. The minimum absolute atomic E-state index is 0.0191. The van der Waals surface area contributed by atoms with Crippen LogP contribution in [0.2, 0.25) is 0 Å². The van der Waals surface area contributed by atoms with Gasteiger partial charge in [0, 0.05) is 43.8 Å². The molecule has 14 heteroatoms. The zero-order valence-electron chi connectivity index (χ0n) is 34.4. The first kappa shape index (κ1) is 40.3. The van der Waals surface area contributed by atoms with Gasteiger partial charge in [0.15, 0.2) is 23.6 Å². The van der Waals surface area contributed by atoms with Crippen molar-refractivity contribution < 1.29 is 23.9 Å². The first-order chi connectivity index (χ1) is 29.8. The van der Waals surface area contributed by atoms with Gasteiger partial charge in [0.25, 0.3) is 5.91 Å². The van der Waals surface area contributed by atoms with E-state index in [2.05, 4.69) is 59.7 Å². The third kappa shape index (κ3) is 9.59. The predicted molar refractivity (Wildman–Crippen MR) is 230 cm³/mol. The van der Waals surface area contributed by atoms with E-state index in [1.807, 2.05) is 53.7 Å². The van der Waals surface area contributed by atoms with Gasteiger partial charge in [0.1, 0.15) is 12.1 Å². The number of carbonyl (C=O) groups is 4. The van der Waals surface area contributed by atoms with E-state index in [1.54, 1.807) is 18.5 Å². The Morgan fingerprint density at radius 2 is 1.61 bits per heavy atom. The summed E-state index contributed by atoms with van der Waals surface area (Å²) in [7, 11) is 0. The predicted octanol–water partition coefficient (Wildman–Crippen LogP) is 5.65. The number of carbonyl (C=O) groups excluding carboxylic acids is 4. The summed E-state index contributed by atoms with van der Waals surface area (Å²) in [5.74, 6) is 1.44. The van der Waals surface area contributed by atoms with Crippen LogP contribution < -0.4 is 20.7 Å². The second-order valence-electron chi connectivity index (χ2n) is 17.1. The number of likely N-dealkylation sites (tertiary alicyclic amines) is 2. The molecule has 1 aliphatic carbocycles. The van der Waals surface area contributed by atoms with Crippen LogP contribution in [0.1, 0.15) is 85.9 Å². The van der Waals surface area contributed by atoms with E-state index in [1.165, 1.54) is 5.56 Å². The number of anilines is 2. The average molecular weight is 824 g/mol. The van der Waals surface area contributed by atoms with Crippen molar-refractivity contribution in [2.45, 2.75) is 81.7 Å². The second-order valence-corrected chi connectivity index (χ2v) is 17.1. The van der Waals surface area contributed by atoms with Crippen LogP contribution in [0.5, 0.6) is 5.75 Å². The molecule has 0 spiro atoms. The highest BCUT2D eigenvalue weighted by atomic mass is 16.5. The number of aromatic nitrogens is 4. The summed E-state index contributed by atoms with van der Waals surface area (Å²) in [6.07, 6.45) is 10.5. The molecule has 5 aromatic rings. The fourth-order valence-corrected chi connectivity index (χ4v) is 9.43. The Labute approximate surface area is 355 Å². The molecule has 5 heterocycles. The first-order valence-electron chi connectivity index (χ1n) is 21.8. The topological polar surface area (TPSA) is 164 Å². The molecule has 61 heavy (non-hydrogen) atoms. The van der Waals surface area contributed by atoms with E-state index in [0.717, 1.165) is 99.2 Å². The quantitative estimate of drug-likeness (QED) is 0.127. The molecule has 4 amide bonds. The number of imide groups is 1. The monoisotopic (exact) mass is 823 g/mol. The summed E-state index contributed by atoms with van der Waals surface area (Å²) in [4.78, 5) is 67.8. The summed E-state index contributed by atoms with van der Waals surface area (Å²) in [6, 6.07) is 26.2. The van der Waals surface area contributed by atoms with Crippen LogP contribution in [-0.4, -0.2) is 98.3 Å². The number of fused-ring (bicyclic) bond motifs is 1. The second kappa shape index (κ2) is 18.2. The number of ether oxygens (including phenoxy) is 1. The lowest BCUT2D eigenvalue weighted by atomic mass is 9.86. The van der Waals surface area contributed by atoms with Crippen molar-refractivity contribution in [2.75, 3.05) is 44.6 Å². The molecule has 9 rings (SSSR count). The van der Waals surface area contributed by atoms with Gasteiger partial charge in [-0.25, -0.2) is 15.0 Å². The van der Waals surface area contributed by atoms with Gasteiger partial charge >= 0.3 is 0 Å².